The summed E-state index contributed by atoms with van der Waals surface area (Å²) >= 11 is 0. The lowest BCUT2D eigenvalue weighted by Gasteiger charge is -2.23. The maximum Gasteiger partial charge on any atom is 0.419 e. The van der Waals surface area contributed by atoms with Crippen molar-refractivity contribution in [2.24, 2.45) is 0 Å². The highest BCUT2D eigenvalue weighted by molar-refractivity contribution is 5.97. The standard InChI is InChI=1S/C19H23F4NO3/c1-2-3-4-5-11-27-18(26)16-7-6-10-24(16)17(25)13-8-9-14(15(20)12-13)19(21,22)23/h8-9,12,16H,2-7,10-11H2,1H3. The normalized spacial score (nSPS) is 17.2. The molecule has 1 aromatic carbocycles. The van der Waals surface area contributed by atoms with Gasteiger partial charge in [-0.15, -0.1) is 0 Å². The number of hydrogen-bond donors (Lipinski definition) is 0. The van der Waals surface area contributed by atoms with E-state index in [2.05, 4.69) is 6.92 Å². The number of unbranched alkanes of at least 4 members (excludes halogenated alkanes) is 3. The number of nitrogens with zero attached hydrogens (tertiary/aromatic N) is 1. The summed E-state index contributed by atoms with van der Waals surface area (Å²) in [5, 5.41) is 0. The molecule has 2 rings (SSSR count). The number of esters is 1. The van der Waals surface area contributed by atoms with Crippen LogP contribution in [0, 0.1) is 5.82 Å². The van der Waals surface area contributed by atoms with Gasteiger partial charge in [-0.3, -0.25) is 4.79 Å². The van der Waals surface area contributed by atoms with E-state index in [1.165, 1.54) is 4.90 Å². The Kier molecular flexibility index (Phi) is 7.21. The van der Waals surface area contributed by atoms with Gasteiger partial charge in [0.2, 0.25) is 0 Å². The zero-order chi connectivity index (χ0) is 20.0. The van der Waals surface area contributed by atoms with Crippen LogP contribution in [0.5, 0.6) is 0 Å². The number of benzene rings is 1. The van der Waals surface area contributed by atoms with Crippen LogP contribution in [0.1, 0.15) is 61.4 Å². The van der Waals surface area contributed by atoms with Crippen LogP contribution in [0.25, 0.3) is 0 Å². The molecule has 1 aliphatic heterocycles. The van der Waals surface area contributed by atoms with Gasteiger partial charge < -0.3 is 9.64 Å². The van der Waals surface area contributed by atoms with Gasteiger partial charge in [-0.25, -0.2) is 9.18 Å². The van der Waals surface area contributed by atoms with Crippen molar-refractivity contribution in [3.8, 4) is 0 Å². The van der Waals surface area contributed by atoms with Crippen LogP contribution >= 0.6 is 0 Å². The van der Waals surface area contributed by atoms with Crippen molar-refractivity contribution in [2.75, 3.05) is 13.2 Å². The summed E-state index contributed by atoms with van der Waals surface area (Å²) in [7, 11) is 0. The lowest BCUT2D eigenvalue weighted by Crippen LogP contribution is -2.41. The van der Waals surface area contributed by atoms with E-state index < -0.39 is 35.5 Å². The largest absolute Gasteiger partial charge is 0.464 e. The molecule has 0 radical (unpaired) electrons. The molecule has 0 saturated carbocycles. The lowest BCUT2D eigenvalue weighted by atomic mass is 10.1. The number of amides is 1. The van der Waals surface area contributed by atoms with Gasteiger partial charge in [0.15, 0.2) is 0 Å². The van der Waals surface area contributed by atoms with Crippen molar-refractivity contribution < 1.29 is 31.9 Å². The molecule has 1 heterocycles. The molecule has 150 valence electrons. The highest BCUT2D eigenvalue weighted by atomic mass is 19.4. The molecule has 1 aromatic rings. The fourth-order valence-corrected chi connectivity index (χ4v) is 3.10. The molecular weight excluding hydrogens is 366 g/mol. The molecule has 1 aliphatic rings. The molecule has 27 heavy (non-hydrogen) atoms. The van der Waals surface area contributed by atoms with Crippen LogP contribution in [0.4, 0.5) is 17.6 Å². The van der Waals surface area contributed by atoms with E-state index in [9.17, 15) is 27.2 Å². The summed E-state index contributed by atoms with van der Waals surface area (Å²) in [5.41, 5.74) is -1.65. The van der Waals surface area contributed by atoms with Crippen LogP contribution in [-0.2, 0) is 15.7 Å². The molecule has 1 fully saturated rings. The Morgan fingerprint density at radius 3 is 2.59 bits per heavy atom. The predicted molar refractivity (Wildman–Crippen MR) is 90.6 cm³/mol. The zero-order valence-electron chi connectivity index (χ0n) is 15.2. The van der Waals surface area contributed by atoms with E-state index >= 15 is 0 Å². The maximum absolute atomic E-state index is 13.7. The van der Waals surface area contributed by atoms with Gasteiger partial charge in [0.1, 0.15) is 11.9 Å². The fourth-order valence-electron chi connectivity index (χ4n) is 3.10. The molecule has 0 N–H and O–H groups in total. The van der Waals surface area contributed by atoms with Crippen LogP contribution in [0.15, 0.2) is 18.2 Å². The number of likely N-dealkylation sites (tertiary alicyclic amines) is 1. The van der Waals surface area contributed by atoms with E-state index in [-0.39, 0.29) is 18.7 Å². The molecule has 8 heteroatoms. The van der Waals surface area contributed by atoms with Crippen molar-refractivity contribution >= 4 is 11.9 Å². The average Bonchev–Trinajstić information content (AvgIpc) is 3.09. The zero-order valence-corrected chi connectivity index (χ0v) is 15.2. The Balaban J connectivity index is 2.02. The monoisotopic (exact) mass is 389 g/mol. The van der Waals surface area contributed by atoms with E-state index in [0.717, 1.165) is 31.7 Å². The Hall–Kier alpha value is -2.12. The SMILES string of the molecule is CCCCCCOC(=O)C1CCCN1C(=O)c1ccc(C(F)(F)F)c(F)c1. The predicted octanol–water partition coefficient (Wildman–Crippen LogP) is 4.57. The number of halogens is 4. The lowest BCUT2D eigenvalue weighted by molar-refractivity contribution is -0.148. The minimum atomic E-state index is -4.83. The van der Waals surface area contributed by atoms with Gasteiger partial charge in [0.25, 0.3) is 5.91 Å². The summed E-state index contributed by atoms with van der Waals surface area (Å²) in [4.78, 5) is 26.0. The Labute approximate surface area is 155 Å². The topological polar surface area (TPSA) is 46.6 Å². The van der Waals surface area contributed by atoms with Gasteiger partial charge in [-0.1, -0.05) is 26.2 Å². The molecule has 0 bridgehead atoms. The van der Waals surface area contributed by atoms with Gasteiger partial charge in [-0.2, -0.15) is 13.2 Å². The molecule has 1 unspecified atom stereocenters. The Morgan fingerprint density at radius 2 is 1.96 bits per heavy atom. The summed E-state index contributed by atoms with van der Waals surface area (Å²) in [6.45, 7) is 2.61. The number of hydrogen-bond acceptors (Lipinski definition) is 3. The van der Waals surface area contributed by atoms with Crippen molar-refractivity contribution in [3.05, 3.63) is 35.1 Å². The number of carbonyl (C=O) groups excluding carboxylic acids is 2. The number of alkyl halides is 3. The first-order valence-electron chi connectivity index (χ1n) is 9.10. The minimum Gasteiger partial charge on any atom is -0.464 e. The van der Waals surface area contributed by atoms with Gasteiger partial charge in [-0.05, 0) is 37.5 Å². The number of ether oxygens (including phenoxy) is 1. The van der Waals surface area contributed by atoms with Gasteiger partial charge in [0.05, 0.1) is 12.2 Å². The molecule has 0 aliphatic carbocycles. The summed E-state index contributed by atoms with van der Waals surface area (Å²) in [6, 6.07) is 1.25. The number of rotatable bonds is 7. The molecule has 4 nitrogen and oxygen atoms in total. The third kappa shape index (κ3) is 5.43. The quantitative estimate of drug-likeness (QED) is 0.390. The van der Waals surface area contributed by atoms with Gasteiger partial charge in [0, 0.05) is 12.1 Å². The highest BCUT2D eigenvalue weighted by Gasteiger charge is 2.37. The summed E-state index contributed by atoms with van der Waals surface area (Å²) in [6.07, 6.45) is -0.0452. The average molecular weight is 389 g/mol. The molecular formula is C19H23F4NO3. The van der Waals surface area contributed by atoms with E-state index in [1.807, 2.05) is 0 Å². The third-order valence-corrected chi connectivity index (χ3v) is 4.55. The summed E-state index contributed by atoms with van der Waals surface area (Å²) < 4.78 is 56.9. The van der Waals surface area contributed by atoms with Crippen molar-refractivity contribution in [1.29, 1.82) is 0 Å². The molecule has 1 atom stereocenters. The van der Waals surface area contributed by atoms with Crippen LogP contribution < -0.4 is 0 Å². The Bertz CT molecular complexity index is 675. The second-order valence-electron chi connectivity index (χ2n) is 6.58. The molecule has 1 amide bonds. The van der Waals surface area contributed by atoms with Crippen molar-refractivity contribution in [1.82, 2.24) is 4.90 Å². The third-order valence-electron chi connectivity index (χ3n) is 4.55. The molecule has 1 saturated heterocycles. The molecule has 0 spiro atoms. The molecule has 0 aromatic heterocycles. The number of carbonyl (C=O) groups is 2. The second-order valence-corrected chi connectivity index (χ2v) is 6.58. The Morgan fingerprint density at radius 1 is 1.22 bits per heavy atom. The fraction of sp³-hybridized carbons (Fsp3) is 0.579. The first kappa shape index (κ1) is 21.2. The summed E-state index contributed by atoms with van der Waals surface area (Å²) in [5.74, 6) is -2.71. The maximum atomic E-state index is 13.7. The van der Waals surface area contributed by atoms with Crippen LogP contribution in [0.3, 0.4) is 0 Å². The highest BCUT2D eigenvalue weighted by Crippen LogP contribution is 2.32. The van der Waals surface area contributed by atoms with Crippen molar-refractivity contribution in [2.45, 2.75) is 57.7 Å². The second kappa shape index (κ2) is 9.19. The van der Waals surface area contributed by atoms with E-state index in [4.69, 9.17) is 4.74 Å². The van der Waals surface area contributed by atoms with Crippen molar-refractivity contribution in [3.63, 3.8) is 0 Å². The van der Waals surface area contributed by atoms with E-state index in [1.54, 1.807) is 0 Å². The smallest absolute Gasteiger partial charge is 0.419 e. The first-order valence-corrected chi connectivity index (χ1v) is 9.10. The van der Waals surface area contributed by atoms with Gasteiger partial charge >= 0.3 is 12.1 Å². The minimum absolute atomic E-state index is 0.219. The van der Waals surface area contributed by atoms with E-state index in [0.29, 0.717) is 25.0 Å². The van der Waals surface area contributed by atoms with Crippen LogP contribution in [-0.4, -0.2) is 36.0 Å². The first-order chi connectivity index (χ1) is 12.8. The van der Waals surface area contributed by atoms with Crippen LogP contribution in [0.2, 0.25) is 0 Å².